The SMILES string of the molecule is CCCC[C@@H](C(=O)OCC(=O)Nc1cccc(C(F)(F)F)c1)N1C(=O)c2ccccc2C1=O. The van der Waals surface area contributed by atoms with E-state index in [1.807, 2.05) is 6.92 Å². The minimum atomic E-state index is -4.58. The zero-order valence-electron chi connectivity index (χ0n) is 17.6. The summed E-state index contributed by atoms with van der Waals surface area (Å²) in [5, 5.41) is 2.23. The number of ether oxygens (including phenoxy) is 1. The molecule has 10 heteroatoms. The van der Waals surface area contributed by atoms with Crippen molar-refractivity contribution in [3.63, 3.8) is 0 Å². The number of carbonyl (C=O) groups excluding carboxylic acids is 4. The van der Waals surface area contributed by atoms with E-state index in [4.69, 9.17) is 4.74 Å². The van der Waals surface area contributed by atoms with E-state index >= 15 is 0 Å². The highest BCUT2D eigenvalue weighted by Gasteiger charge is 2.43. The van der Waals surface area contributed by atoms with Crippen molar-refractivity contribution >= 4 is 29.4 Å². The lowest BCUT2D eigenvalue weighted by Gasteiger charge is -2.24. The van der Waals surface area contributed by atoms with Gasteiger partial charge in [0.05, 0.1) is 16.7 Å². The Hall–Kier alpha value is -3.69. The third-order valence-corrected chi connectivity index (χ3v) is 5.06. The molecule has 0 aromatic heterocycles. The van der Waals surface area contributed by atoms with E-state index < -0.39 is 48.1 Å². The molecular weight excluding hydrogens is 441 g/mol. The summed E-state index contributed by atoms with van der Waals surface area (Å²) in [5.74, 6) is -3.06. The van der Waals surface area contributed by atoms with Gasteiger partial charge in [0.1, 0.15) is 6.04 Å². The molecule has 0 unspecified atom stereocenters. The molecule has 33 heavy (non-hydrogen) atoms. The highest BCUT2D eigenvalue weighted by atomic mass is 19.4. The highest BCUT2D eigenvalue weighted by molar-refractivity contribution is 6.22. The van der Waals surface area contributed by atoms with Gasteiger partial charge < -0.3 is 10.1 Å². The number of anilines is 1. The van der Waals surface area contributed by atoms with Crippen LogP contribution in [0.2, 0.25) is 0 Å². The molecule has 0 fully saturated rings. The van der Waals surface area contributed by atoms with Crippen molar-refractivity contribution in [3.8, 4) is 0 Å². The van der Waals surface area contributed by atoms with E-state index in [0.717, 1.165) is 23.1 Å². The summed E-state index contributed by atoms with van der Waals surface area (Å²) >= 11 is 0. The Morgan fingerprint density at radius 2 is 1.67 bits per heavy atom. The average Bonchev–Trinajstić information content (AvgIpc) is 3.03. The van der Waals surface area contributed by atoms with Gasteiger partial charge in [-0.2, -0.15) is 13.2 Å². The summed E-state index contributed by atoms with van der Waals surface area (Å²) in [5.41, 5.74) is -0.700. The minimum Gasteiger partial charge on any atom is -0.454 e. The molecule has 1 aliphatic rings. The average molecular weight is 462 g/mol. The van der Waals surface area contributed by atoms with Crippen molar-refractivity contribution in [2.24, 2.45) is 0 Å². The van der Waals surface area contributed by atoms with E-state index in [-0.39, 0.29) is 23.2 Å². The Kier molecular flexibility index (Phi) is 7.15. The number of carbonyl (C=O) groups is 4. The second kappa shape index (κ2) is 9.85. The fraction of sp³-hybridized carbons (Fsp3) is 0.304. The quantitative estimate of drug-likeness (QED) is 0.472. The van der Waals surface area contributed by atoms with Crippen LogP contribution in [0, 0.1) is 0 Å². The Labute approximate surface area is 187 Å². The number of unbranched alkanes of at least 4 members (excludes halogenated alkanes) is 1. The summed E-state index contributed by atoms with van der Waals surface area (Å²) in [6.07, 6.45) is -3.23. The molecule has 2 aromatic rings. The number of alkyl halides is 3. The summed E-state index contributed by atoms with van der Waals surface area (Å²) in [7, 11) is 0. The van der Waals surface area contributed by atoms with E-state index in [1.54, 1.807) is 12.1 Å². The lowest BCUT2D eigenvalue weighted by molar-refractivity contribution is -0.151. The van der Waals surface area contributed by atoms with Gasteiger partial charge in [0.15, 0.2) is 6.61 Å². The molecule has 0 bridgehead atoms. The van der Waals surface area contributed by atoms with Gasteiger partial charge in [-0.15, -0.1) is 0 Å². The van der Waals surface area contributed by atoms with Crippen molar-refractivity contribution < 1.29 is 37.1 Å². The van der Waals surface area contributed by atoms with Crippen molar-refractivity contribution in [1.29, 1.82) is 0 Å². The van der Waals surface area contributed by atoms with Crippen LogP contribution in [0.4, 0.5) is 18.9 Å². The second-order valence-corrected chi connectivity index (χ2v) is 7.42. The number of esters is 1. The zero-order chi connectivity index (χ0) is 24.2. The molecule has 1 atom stereocenters. The number of benzene rings is 2. The smallest absolute Gasteiger partial charge is 0.416 e. The predicted octanol–water partition coefficient (Wildman–Crippen LogP) is 4.04. The van der Waals surface area contributed by atoms with Gasteiger partial charge in [0.2, 0.25) is 0 Å². The topological polar surface area (TPSA) is 92.8 Å². The highest BCUT2D eigenvalue weighted by Crippen LogP contribution is 2.31. The fourth-order valence-electron chi connectivity index (χ4n) is 3.44. The molecular formula is C23H21F3N2O5. The Bertz CT molecular complexity index is 1050. The van der Waals surface area contributed by atoms with Gasteiger partial charge in [-0.05, 0) is 36.8 Å². The maximum atomic E-state index is 12.8. The monoisotopic (exact) mass is 462 g/mol. The minimum absolute atomic E-state index is 0.117. The molecule has 0 aliphatic carbocycles. The Balaban J connectivity index is 1.67. The van der Waals surface area contributed by atoms with Gasteiger partial charge in [-0.1, -0.05) is 38.0 Å². The van der Waals surface area contributed by atoms with Crippen molar-refractivity contribution in [2.75, 3.05) is 11.9 Å². The summed E-state index contributed by atoms with van der Waals surface area (Å²) in [6.45, 7) is 1.08. The molecule has 0 saturated heterocycles. The van der Waals surface area contributed by atoms with Crippen LogP contribution in [-0.4, -0.2) is 41.2 Å². The molecule has 2 aromatic carbocycles. The zero-order valence-corrected chi connectivity index (χ0v) is 17.6. The fourth-order valence-corrected chi connectivity index (χ4v) is 3.44. The van der Waals surface area contributed by atoms with Crippen LogP contribution in [0.25, 0.3) is 0 Å². The largest absolute Gasteiger partial charge is 0.454 e. The number of hydrogen-bond donors (Lipinski definition) is 1. The lowest BCUT2D eigenvalue weighted by atomic mass is 10.1. The molecule has 0 saturated carbocycles. The number of amides is 3. The Morgan fingerprint density at radius 1 is 1.03 bits per heavy atom. The second-order valence-electron chi connectivity index (χ2n) is 7.42. The van der Waals surface area contributed by atoms with Crippen LogP contribution in [0.15, 0.2) is 48.5 Å². The molecule has 1 aliphatic heterocycles. The number of imide groups is 1. The Morgan fingerprint density at radius 3 is 2.24 bits per heavy atom. The number of nitrogens with zero attached hydrogens (tertiary/aromatic N) is 1. The van der Waals surface area contributed by atoms with Gasteiger partial charge in [-0.25, -0.2) is 4.79 Å². The number of rotatable bonds is 8. The van der Waals surface area contributed by atoms with Gasteiger partial charge >= 0.3 is 12.1 Å². The van der Waals surface area contributed by atoms with Crippen LogP contribution >= 0.6 is 0 Å². The van der Waals surface area contributed by atoms with Crippen LogP contribution in [0.5, 0.6) is 0 Å². The van der Waals surface area contributed by atoms with Crippen molar-refractivity contribution in [2.45, 2.75) is 38.4 Å². The molecule has 3 rings (SSSR count). The van der Waals surface area contributed by atoms with Crippen molar-refractivity contribution in [3.05, 3.63) is 65.2 Å². The third kappa shape index (κ3) is 5.39. The van der Waals surface area contributed by atoms with E-state index in [9.17, 15) is 32.3 Å². The van der Waals surface area contributed by atoms with Crippen molar-refractivity contribution in [1.82, 2.24) is 4.90 Å². The van der Waals surface area contributed by atoms with Gasteiger partial charge in [-0.3, -0.25) is 19.3 Å². The number of halogens is 3. The lowest BCUT2D eigenvalue weighted by Crippen LogP contribution is -2.46. The van der Waals surface area contributed by atoms with E-state index in [2.05, 4.69) is 5.32 Å². The molecule has 1 heterocycles. The summed E-state index contributed by atoms with van der Waals surface area (Å²) < 4.78 is 43.5. The molecule has 1 N–H and O–H groups in total. The third-order valence-electron chi connectivity index (χ3n) is 5.06. The van der Waals surface area contributed by atoms with Crippen LogP contribution in [-0.2, 0) is 20.5 Å². The first-order valence-electron chi connectivity index (χ1n) is 10.2. The standard InChI is InChI=1S/C23H21F3N2O5/c1-2-3-11-18(28-20(30)16-9-4-5-10-17(16)21(28)31)22(32)33-13-19(29)27-15-8-6-7-14(12-15)23(24,25)26/h4-10,12,18H,2-3,11,13H2,1H3,(H,27,29)/t18-/m0/s1. The van der Waals surface area contributed by atoms with Gasteiger partial charge in [0, 0.05) is 5.69 Å². The first-order chi connectivity index (χ1) is 15.6. The number of hydrogen-bond acceptors (Lipinski definition) is 5. The predicted molar refractivity (Wildman–Crippen MR) is 111 cm³/mol. The maximum absolute atomic E-state index is 12.8. The normalized spacial score (nSPS) is 14.1. The van der Waals surface area contributed by atoms with Crippen LogP contribution in [0.3, 0.4) is 0 Å². The first-order valence-corrected chi connectivity index (χ1v) is 10.2. The summed E-state index contributed by atoms with van der Waals surface area (Å²) in [6, 6.07) is 8.96. The molecule has 7 nitrogen and oxygen atoms in total. The van der Waals surface area contributed by atoms with Crippen LogP contribution in [0.1, 0.15) is 52.5 Å². The number of fused-ring (bicyclic) bond motifs is 1. The molecule has 0 radical (unpaired) electrons. The molecule has 3 amide bonds. The van der Waals surface area contributed by atoms with Gasteiger partial charge in [0.25, 0.3) is 17.7 Å². The van der Waals surface area contributed by atoms with Crippen LogP contribution < -0.4 is 5.32 Å². The van der Waals surface area contributed by atoms with E-state index in [0.29, 0.717) is 12.8 Å². The van der Waals surface area contributed by atoms with E-state index in [1.165, 1.54) is 18.2 Å². The first kappa shape index (κ1) is 24.0. The summed E-state index contributed by atoms with van der Waals surface area (Å²) in [4.78, 5) is 51.2. The number of nitrogens with one attached hydrogen (secondary N) is 1. The molecule has 0 spiro atoms. The molecule has 174 valence electrons. The maximum Gasteiger partial charge on any atom is 0.416 e.